The molecule has 0 aliphatic heterocycles. The molecule has 3 aromatic carbocycles. The molecule has 0 saturated heterocycles. The van der Waals surface area contributed by atoms with E-state index in [1.54, 1.807) is 12.1 Å². The summed E-state index contributed by atoms with van der Waals surface area (Å²) in [6.07, 6.45) is 0. The number of rotatable bonds is 3. The third-order valence-corrected chi connectivity index (χ3v) is 4.30. The summed E-state index contributed by atoms with van der Waals surface area (Å²) in [5.74, 6) is 0.452. The first-order valence-corrected chi connectivity index (χ1v) is 8.45. The lowest BCUT2D eigenvalue weighted by atomic mass is 10.1. The molecule has 0 aliphatic rings. The molecule has 0 aliphatic carbocycles. The Morgan fingerprint density at radius 1 is 0.962 bits per heavy atom. The van der Waals surface area contributed by atoms with Crippen LogP contribution in [0, 0.1) is 13.8 Å². The molecule has 4 aromatic rings. The standard InChI is InChI=1S/C22H18N2O2/c1-14-8-11-20-19(12-14)24-22(26-20)17-9-10-18(15(2)13-17)23-21(25)16-6-4-3-5-7-16/h3-13H,1-2H3,(H,23,25). The first-order valence-electron chi connectivity index (χ1n) is 8.45. The number of carbonyl (C=O) groups excluding carboxylic acids is 1. The molecule has 26 heavy (non-hydrogen) atoms. The van der Waals surface area contributed by atoms with Crippen molar-refractivity contribution < 1.29 is 9.21 Å². The summed E-state index contributed by atoms with van der Waals surface area (Å²) in [6.45, 7) is 3.99. The van der Waals surface area contributed by atoms with Crippen LogP contribution in [-0.2, 0) is 0 Å². The number of aromatic nitrogens is 1. The fourth-order valence-electron chi connectivity index (χ4n) is 2.88. The fraction of sp³-hybridized carbons (Fsp3) is 0.0909. The van der Waals surface area contributed by atoms with E-state index in [0.29, 0.717) is 11.5 Å². The van der Waals surface area contributed by atoms with Crippen LogP contribution in [0.2, 0.25) is 0 Å². The molecule has 0 fully saturated rings. The van der Waals surface area contributed by atoms with E-state index in [4.69, 9.17) is 4.42 Å². The van der Waals surface area contributed by atoms with Crippen LogP contribution >= 0.6 is 0 Å². The second-order valence-corrected chi connectivity index (χ2v) is 6.34. The monoisotopic (exact) mass is 342 g/mol. The highest BCUT2D eigenvalue weighted by Crippen LogP contribution is 2.28. The van der Waals surface area contributed by atoms with E-state index >= 15 is 0 Å². The number of amides is 1. The van der Waals surface area contributed by atoms with Crippen LogP contribution in [0.25, 0.3) is 22.6 Å². The molecule has 0 bridgehead atoms. The van der Waals surface area contributed by atoms with E-state index in [1.165, 1.54) is 0 Å². The first-order chi connectivity index (χ1) is 12.6. The minimum absolute atomic E-state index is 0.126. The number of nitrogens with zero attached hydrogens (tertiary/aromatic N) is 1. The van der Waals surface area contributed by atoms with Crippen LogP contribution in [0.4, 0.5) is 5.69 Å². The number of anilines is 1. The van der Waals surface area contributed by atoms with Gasteiger partial charge in [0.25, 0.3) is 5.91 Å². The maximum Gasteiger partial charge on any atom is 0.255 e. The third kappa shape index (κ3) is 3.09. The summed E-state index contributed by atoms with van der Waals surface area (Å²) in [6, 6.07) is 20.9. The first kappa shape index (κ1) is 16.1. The summed E-state index contributed by atoms with van der Waals surface area (Å²) < 4.78 is 5.86. The number of hydrogen-bond donors (Lipinski definition) is 1. The van der Waals surface area contributed by atoms with Gasteiger partial charge >= 0.3 is 0 Å². The summed E-state index contributed by atoms with van der Waals surface area (Å²) >= 11 is 0. The Morgan fingerprint density at radius 2 is 1.77 bits per heavy atom. The summed E-state index contributed by atoms with van der Waals surface area (Å²) in [5, 5.41) is 2.95. The fourth-order valence-corrected chi connectivity index (χ4v) is 2.88. The van der Waals surface area contributed by atoms with Crippen molar-refractivity contribution >= 4 is 22.7 Å². The SMILES string of the molecule is Cc1ccc2oc(-c3ccc(NC(=O)c4ccccc4)c(C)c3)nc2c1. The predicted octanol–water partition coefficient (Wildman–Crippen LogP) is 5.36. The summed E-state index contributed by atoms with van der Waals surface area (Å²) in [4.78, 5) is 16.9. The van der Waals surface area contributed by atoms with Crippen molar-refractivity contribution in [1.82, 2.24) is 4.98 Å². The number of oxazole rings is 1. The molecule has 1 amide bonds. The zero-order valence-electron chi connectivity index (χ0n) is 14.6. The summed E-state index contributed by atoms with van der Waals surface area (Å²) in [5.41, 5.74) is 6.00. The van der Waals surface area contributed by atoms with E-state index in [-0.39, 0.29) is 5.91 Å². The average molecular weight is 342 g/mol. The zero-order valence-corrected chi connectivity index (χ0v) is 14.6. The molecule has 0 saturated carbocycles. The smallest absolute Gasteiger partial charge is 0.255 e. The van der Waals surface area contributed by atoms with Gasteiger partial charge in [0.15, 0.2) is 5.58 Å². The highest BCUT2D eigenvalue weighted by atomic mass is 16.3. The lowest BCUT2D eigenvalue weighted by Gasteiger charge is -2.09. The molecule has 128 valence electrons. The quantitative estimate of drug-likeness (QED) is 0.545. The molecule has 4 rings (SSSR count). The van der Waals surface area contributed by atoms with Gasteiger partial charge in [0.05, 0.1) is 0 Å². The second kappa shape index (κ2) is 6.48. The Morgan fingerprint density at radius 3 is 2.54 bits per heavy atom. The molecule has 0 atom stereocenters. The van der Waals surface area contributed by atoms with Gasteiger partial charge in [0, 0.05) is 16.8 Å². The van der Waals surface area contributed by atoms with Crippen molar-refractivity contribution in [3.63, 3.8) is 0 Å². The van der Waals surface area contributed by atoms with Crippen LogP contribution in [0.15, 0.2) is 71.1 Å². The third-order valence-electron chi connectivity index (χ3n) is 4.30. The van der Waals surface area contributed by atoms with Crippen LogP contribution in [0.5, 0.6) is 0 Å². The van der Waals surface area contributed by atoms with Gasteiger partial charge in [-0.15, -0.1) is 0 Å². The van der Waals surface area contributed by atoms with E-state index in [2.05, 4.69) is 10.3 Å². The van der Waals surface area contributed by atoms with Gasteiger partial charge in [-0.2, -0.15) is 0 Å². The molecule has 1 N–H and O–H groups in total. The summed E-state index contributed by atoms with van der Waals surface area (Å²) in [7, 11) is 0. The van der Waals surface area contributed by atoms with Gasteiger partial charge in [-0.1, -0.05) is 24.3 Å². The topological polar surface area (TPSA) is 55.1 Å². The van der Waals surface area contributed by atoms with E-state index in [0.717, 1.165) is 33.5 Å². The van der Waals surface area contributed by atoms with Crippen molar-refractivity contribution in [1.29, 1.82) is 0 Å². The minimum atomic E-state index is -0.126. The zero-order chi connectivity index (χ0) is 18.1. The van der Waals surface area contributed by atoms with Gasteiger partial charge in [0.2, 0.25) is 5.89 Å². The maximum atomic E-state index is 12.3. The van der Waals surface area contributed by atoms with Crippen molar-refractivity contribution in [2.45, 2.75) is 13.8 Å². The Bertz CT molecular complexity index is 1100. The molecule has 4 heteroatoms. The highest BCUT2D eigenvalue weighted by Gasteiger charge is 2.12. The van der Waals surface area contributed by atoms with Crippen molar-refractivity contribution in [3.05, 3.63) is 83.4 Å². The molecule has 1 heterocycles. The van der Waals surface area contributed by atoms with Gasteiger partial charge in [-0.3, -0.25) is 4.79 Å². The molecular weight excluding hydrogens is 324 g/mol. The van der Waals surface area contributed by atoms with Crippen LogP contribution in [0.3, 0.4) is 0 Å². The van der Waals surface area contributed by atoms with Crippen LogP contribution < -0.4 is 5.32 Å². The number of benzene rings is 3. The molecule has 1 aromatic heterocycles. The van der Waals surface area contributed by atoms with Crippen LogP contribution in [-0.4, -0.2) is 10.9 Å². The number of hydrogen-bond acceptors (Lipinski definition) is 3. The Balaban J connectivity index is 1.62. The van der Waals surface area contributed by atoms with Crippen molar-refractivity contribution in [2.75, 3.05) is 5.32 Å². The van der Waals surface area contributed by atoms with Gasteiger partial charge in [-0.05, 0) is 67.4 Å². The normalized spacial score (nSPS) is 10.8. The Labute approximate surface area is 151 Å². The minimum Gasteiger partial charge on any atom is -0.436 e. The van der Waals surface area contributed by atoms with Gasteiger partial charge in [-0.25, -0.2) is 4.98 Å². The van der Waals surface area contributed by atoms with Crippen molar-refractivity contribution in [3.8, 4) is 11.5 Å². The number of nitrogens with one attached hydrogen (secondary N) is 1. The molecule has 4 nitrogen and oxygen atoms in total. The highest BCUT2D eigenvalue weighted by molar-refractivity contribution is 6.04. The van der Waals surface area contributed by atoms with Gasteiger partial charge < -0.3 is 9.73 Å². The molecule has 0 radical (unpaired) electrons. The molecule has 0 spiro atoms. The number of aryl methyl sites for hydroxylation is 2. The lowest BCUT2D eigenvalue weighted by molar-refractivity contribution is 0.102. The van der Waals surface area contributed by atoms with E-state index < -0.39 is 0 Å². The maximum absolute atomic E-state index is 12.3. The van der Waals surface area contributed by atoms with Crippen molar-refractivity contribution in [2.24, 2.45) is 0 Å². The second-order valence-electron chi connectivity index (χ2n) is 6.34. The Kier molecular flexibility index (Phi) is 4.01. The largest absolute Gasteiger partial charge is 0.436 e. The van der Waals surface area contributed by atoms with E-state index in [9.17, 15) is 4.79 Å². The molecule has 0 unspecified atom stereocenters. The number of carbonyl (C=O) groups is 1. The number of fused-ring (bicyclic) bond motifs is 1. The van der Waals surface area contributed by atoms with E-state index in [1.807, 2.05) is 68.4 Å². The lowest BCUT2D eigenvalue weighted by Crippen LogP contribution is -2.12. The predicted molar refractivity (Wildman–Crippen MR) is 103 cm³/mol. The average Bonchev–Trinajstić information content (AvgIpc) is 3.07. The van der Waals surface area contributed by atoms with Crippen LogP contribution in [0.1, 0.15) is 21.5 Å². The van der Waals surface area contributed by atoms with Gasteiger partial charge in [0.1, 0.15) is 5.52 Å². The Hall–Kier alpha value is -3.40. The molecular formula is C22H18N2O2.